The van der Waals surface area contributed by atoms with Gasteiger partial charge in [0, 0.05) is 27.7 Å². The summed E-state index contributed by atoms with van der Waals surface area (Å²) in [6.07, 6.45) is 6.33. The van der Waals surface area contributed by atoms with Crippen LogP contribution in [0.4, 0.5) is 5.69 Å². The number of amides is 2. The maximum Gasteiger partial charge on any atom is 0.237 e. The number of nitrogens with zero attached hydrogens (tertiary/aromatic N) is 1. The molecule has 0 bridgehead atoms. The zero-order chi connectivity index (χ0) is 28.0. The molecule has 2 N–H and O–H groups in total. The van der Waals surface area contributed by atoms with Gasteiger partial charge in [0.05, 0.1) is 17.7 Å². The number of piperidine rings is 1. The highest BCUT2D eigenvalue weighted by molar-refractivity contribution is 6.32. The van der Waals surface area contributed by atoms with Gasteiger partial charge in [-0.25, -0.2) is 0 Å². The predicted molar refractivity (Wildman–Crippen MR) is 155 cm³/mol. The highest BCUT2D eigenvalue weighted by Gasteiger charge is 2.62. The van der Waals surface area contributed by atoms with Crippen molar-refractivity contribution in [3.05, 3.63) is 106 Å². The smallest absolute Gasteiger partial charge is 0.237 e. The average Bonchev–Trinajstić information content (AvgIpc) is 3.21. The Bertz CT molecular complexity index is 1660. The minimum Gasteiger partial charge on any atom is -0.457 e. The molecular formula is C31H22BCl2N3O3. The first-order valence-corrected chi connectivity index (χ1v) is 13.6. The van der Waals surface area contributed by atoms with Gasteiger partial charge in [0.15, 0.2) is 0 Å². The zero-order valence-corrected chi connectivity index (χ0v) is 22.7. The molecule has 3 aromatic carbocycles. The fourth-order valence-electron chi connectivity index (χ4n) is 6.29. The summed E-state index contributed by atoms with van der Waals surface area (Å²) in [6, 6.07) is 18.5. The molecule has 3 aromatic rings. The summed E-state index contributed by atoms with van der Waals surface area (Å²) in [5.74, 6) is -0.233. The van der Waals surface area contributed by atoms with Gasteiger partial charge in [0.25, 0.3) is 0 Å². The standard InChI is InChI=1S/C31H22BCl2N3O3/c32-19-7-10-27(40-22-6-1-3-17(11-22)16-35)23(13-19)29-31(24-9-8-21(34)14-26(24)36-30(31)39)25(15-28(38)37-29)18-4-2-5-20(33)12-18/h1-11,13-14,18,25,29H,12,15H2,(H,36,39)(H,37,38)/t18?,25-,29-,31?/m0/s1. The summed E-state index contributed by atoms with van der Waals surface area (Å²) in [5, 5.41) is 16.7. The van der Waals surface area contributed by atoms with Crippen molar-refractivity contribution in [3.63, 3.8) is 0 Å². The van der Waals surface area contributed by atoms with Crippen LogP contribution in [0.2, 0.25) is 5.02 Å². The first-order chi connectivity index (χ1) is 19.3. The van der Waals surface area contributed by atoms with E-state index in [1.54, 1.807) is 54.6 Å². The highest BCUT2D eigenvalue weighted by atomic mass is 35.5. The van der Waals surface area contributed by atoms with E-state index in [2.05, 4.69) is 16.7 Å². The first-order valence-electron chi connectivity index (χ1n) is 12.8. The molecule has 2 aliphatic heterocycles. The van der Waals surface area contributed by atoms with Crippen molar-refractivity contribution in [2.45, 2.75) is 24.3 Å². The summed E-state index contributed by atoms with van der Waals surface area (Å²) < 4.78 is 6.28. The summed E-state index contributed by atoms with van der Waals surface area (Å²) in [7, 11) is 6.27. The Labute approximate surface area is 243 Å². The fourth-order valence-corrected chi connectivity index (χ4v) is 6.71. The Morgan fingerprint density at radius 3 is 2.70 bits per heavy atom. The minimum atomic E-state index is -1.22. The van der Waals surface area contributed by atoms with E-state index in [4.69, 9.17) is 35.8 Å². The van der Waals surface area contributed by atoms with Crippen molar-refractivity contribution in [2.75, 3.05) is 5.32 Å². The van der Waals surface area contributed by atoms with E-state index >= 15 is 0 Å². The lowest BCUT2D eigenvalue weighted by Crippen LogP contribution is -2.59. The van der Waals surface area contributed by atoms with E-state index < -0.39 is 17.4 Å². The highest BCUT2D eigenvalue weighted by Crippen LogP contribution is 2.58. The second-order valence-corrected chi connectivity index (χ2v) is 11.2. The number of anilines is 1. The normalized spacial score (nSPS) is 25.0. The Morgan fingerprint density at radius 2 is 1.90 bits per heavy atom. The maximum atomic E-state index is 14.3. The number of nitriles is 1. The number of ether oxygens (including phenoxy) is 1. The maximum absolute atomic E-state index is 14.3. The molecule has 1 spiro atoms. The number of carbonyl (C=O) groups excluding carboxylic acids is 2. The second kappa shape index (κ2) is 10.2. The van der Waals surface area contributed by atoms with Crippen molar-refractivity contribution in [1.29, 1.82) is 5.26 Å². The quantitative estimate of drug-likeness (QED) is 0.405. The minimum absolute atomic E-state index is 0.119. The lowest BCUT2D eigenvalue weighted by Gasteiger charge is -2.49. The van der Waals surface area contributed by atoms with Crippen LogP contribution >= 0.6 is 23.2 Å². The van der Waals surface area contributed by atoms with Crippen LogP contribution in [0, 0.1) is 23.2 Å². The number of hydrogen-bond acceptors (Lipinski definition) is 4. The summed E-state index contributed by atoms with van der Waals surface area (Å²) in [4.78, 5) is 27.7. The van der Waals surface area contributed by atoms with E-state index in [1.807, 2.05) is 24.3 Å². The number of carbonyl (C=O) groups is 2. The van der Waals surface area contributed by atoms with Gasteiger partial charge < -0.3 is 15.4 Å². The van der Waals surface area contributed by atoms with Gasteiger partial charge in [-0.2, -0.15) is 5.26 Å². The fraction of sp³-hybridized carbons (Fsp3) is 0.194. The lowest BCUT2D eigenvalue weighted by molar-refractivity contribution is -0.135. The number of rotatable bonds is 4. The van der Waals surface area contributed by atoms with Gasteiger partial charge in [-0.3, -0.25) is 9.59 Å². The molecule has 0 saturated carbocycles. The van der Waals surface area contributed by atoms with Crippen LogP contribution in [-0.2, 0) is 15.0 Å². The van der Waals surface area contributed by atoms with Crippen molar-refractivity contribution < 1.29 is 14.3 Å². The molecular weight excluding hydrogens is 544 g/mol. The van der Waals surface area contributed by atoms with Crippen LogP contribution in [-0.4, -0.2) is 19.7 Å². The average molecular weight is 566 g/mol. The third-order valence-corrected chi connectivity index (χ3v) is 8.44. The SMILES string of the molecule is [B]c1ccc(Oc2cccc(C#N)c2)c([C@@H]2NC(=O)C[C@@H](C3C=CC=C(Cl)C3)C23C(=O)Nc2cc(Cl)ccc23)c1. The van der Waals surface area contributed by atoms with Gasteiger partial charge in [-0.1, -0.05) is 65.1 Å². The number of allylic oxidation sites excluding steroid dienone is 4. The molecule has 6 nitrogen and oxygen atoms in total. The van der Waals surface area contributed by atoms with Crippen LogP contribution in [0.5, 0.6) is 11.5 Å². The van der Waals surface area contributed by atoms with Crippen molar-refractivity contribution >= 4 is 54.0 Å². The molecule has 1 aliphatic carbocycles. The number of nitrogens with one attached hydrogen (secondary N) is 2. The van der Waals surface area contributed by atoms with Crippen molar-refractivity contribution in [1.82, 2.24) is 5.32 Å². The largest absolute Gasteiger partial charge is 0.457 e. The van der Waals surface area contributed by atoms with Gasteiger partial charge in [0.2, 0.25) is 11.8 Å². The Morgan fingerprint density at radius 1 is 1.05 bits per heavy atom. The molecule has 2 heterocycles. The molecule has 9 heteroatoms. The molecule has 4 atom stereocenters. The Hall–Kier alpha value is -3.99. The number of halogens is 2. The molecule has 2 radical (unpaired) electrons. The molecule has 40 heavy (non-hydrogen) atoms. The topological polar surface area (TPSA) is 91.2 Å². The van der Waals surface area contributed by atoms with Crippen molar-refractivity contribution in [2.24, 2.45) is 11.8 Å². The molecule has 2 amide bonds. The third-order valence-electron chi connectivity index (χ3n) is 7.92. The van der Waals surface area contributed by atoms with Gasteiger partial charge in [-0.05, 0) is 66.3 Å². The summed E-state index contributed by atoms with van der Waals surface area (Å²) in [6.45, 7) is 0. The zero-order valence-electron chi connectivity index (χ0n) is 21.2. The molecule has 2 unspecified atom stereocenters. The molecule has 6 rings (SSSR count). The van der Waals surface area contributed by atoms with Crippen LogP contribution in [0.3, 0.4) is 0 Å². The molecule has 0 aromatic heterocycles. The van der Waals surface area contributed by atoms with Crippen LogP contribution < -0.4 is 20.8 Å². The summed E-state index contributed by atoms with van der Waals surface area (Å²) in [5.41, 5.74) is 1.52. The van der Waals surface area contributed by atoms with Crippen LogP contribution in [0.15, 0.2) is 83.9 Å². The first kappa shape index (κ1) is 26.2. The van der Waals surface area contributed by atoms with E-state index in [-0.39, 0.29) is 24.2 Å². The van der Waals surface area contributed by atoms with E-state index in [1.165, 1.54) is 0 Å². The van der Waals surface area contributed by atoms with Crippen LogP contribution in [0.1, 0.15) is 35.6 Å². The second-order valence-electron chi connectivity index (χ2n) is 10.2. The molecule has 1 saturated heterocycles. The van der Waals surface area contributed by atoms with Gasteiger partial charge >= 0.3 is 0 Å². The van der Waals surface area contributed by atoms with Gasteiger partial charge in [0.1, 0.15) is 24.8 Å². The number of benzene rings is 3. The molecule has 3 aliphatic rings. The van der Waals surface area contributed by atoms with Crippen molar-refractivity contribution in [3.8, 4) is 17.6 Å². The van der Waals surface area contributed by atoms with Crippen LogP contribution in [0.25, 0.3) is 0 Å². The number of fused-ring (bicyclic) bond motifs is 2. The monoisotopic (exact) mass is 565 g/mol. The predicted octanol–water partition coefficient (Wildman–Crippen LogP) is 5.56. The molecule has 196 valence electrons. The Balaban J connectivity index is 1.56. The third kappa shape index (κ3) is 4.38. The van der Waals surface area contributed by atoms with E-state index in [0.29, 0.717) is 50.3 Å². The van der Waals surface area contributed by atoms with E-state index in [9.17, 15) is 14.9 Å². The van der Waals surface area contributed by atoms with E-state index in [0.717, 1.165) is 5.56 Å². The molecule has 1 fully saturated rings. The summed E-state index contributed by atoms with van der Waals surface area (Å²) >= 11 is 12.8. The number of hydrogen-bond donors (Lipinski definition) is 2. The van der Waals surface area contributed by atoms with Gasteiger partial charge in [-0.15, -0.1) is 0 Å². The lowest BCUT2D eigenvalue weighted by atomic mass is 9.56. The Kier molecular flexibility index (Phi) is 6.70.